The first-order chi connectivity index (χ1) is 6.87. The summed E-state index contributed by atoms with van der Waals surface area (Å²) in [5, 5.41) is 0. The van der Waals surface area contributed by atoms with Crippen LogP contribution in [0, 0.1) is 0 Å². The molecule has 1 heterocycles. The smallest absolute Gasteiger partial charge is 0.325 e. The summed E-state index contributed by atoms with van der Waals surface area (Å²) < 4.78 is 10.4. The lowest BCUT2D eigenvalue weighted by Crippen LogP contribution is -2.59. The van der Waals surface area contributed by atoms with Gasteiger partial charge in [0.15, 0.2) is 0 Å². The van der Waals surface area contributed by atoms with Gasteiger partial charge in [-0.2, -0.15) is 0 Å². The minimum Gasteiger partial charge on any atom is -0.468 e. The zero-order valence-corrected chi connectivity index (χ0v) is 10.2. The summed E-state index contributed by atoms with van der Waals surface area (Å²) in [4.78, 5) is 13.7. The van der Waals surface area contributed by atoms with E-state index in [9.17, 15) is 4.79 Å². The minimum absolute atomic E-state index is 0.186. The van der Waals surface area contributed by atoms with Crippen molar-refractivity contribution in [1.82, 2.24) is 4.90 Å². The quantitative estimate of drug-likeness (QED) is 0.645. The molecule has 0 saturated carbocycles. The first-order valence-corrected chi connectivity index (χ1v) is 5.35. The zero-order chi connectivity index (χ0) is 11.6. The maximum Gasteiger partial charge on any atom is 0.325 e. The van der Waals surface area contributed by atoms with E-state index in [2.05, 4.69) is 18.7 Å². The van der Waals surface area contributed by atoms with Gasteiger partial charge in [-0.25, -0.2) is 0 Å². The van der Waals surface area contributed by atoms with E-state index in [1.807, 2.05) is 13.8 Å². The number of esters is 1. The third-order valence-electron chi connectivity index (χ3n) is 2.73. The van der Waals surface area contributed by atoms with Gasteiger partial charge in [-0.05, 0) is 27.7 Å². The Morgan fingerprint density at radius 1 is 1.53 bits per heavy atom. The average molecular weight is 215 g/mol. The number of nitrogens with zero attached hydrogens (tertiary/aromatic N) is 1. The second kappa shape index (κ2) is 4.49. The van der Waals surface area contributed by atoms with Gasteiger partial charge >= 0.3 is 5.97 Å². The number of hydrogen-bond acceptors (Lipinski definition) is 4. The highest BCUT2D eigenvalue weighted by Gasteiger charge is 2.39. The molecule has 1 fully saturated rings. The van der Waals surface area contributed by atoms with Crippen molar-refractivity contribution in [3.8, 4) is 0 Å². The Kier molecular flexibility index (Phi) is 3.73. The van der Waals surface area contributed by atoms with E-state index >= 15 is 0 Å². The third kappa shape index (κ3) is 2.92. The molecule has 4 heteroatoms. The number of morpholine rings is 1. The number of rotatable bonds is 2. The van der Waals surface area contributed by atoms with E-state index in [-0.39, 0.29) is 17.6 Å². The molecule has 0 unspecified atom stereocenters. The fourth-order valence-electron chi connectivity index (χ4n) is 1.88. The van der Waals surface area contributed by atoms with Gasteiger partial charge in [0.05, 0.1) is 19.3 Å². The van der Waals surface area contributed by atoms with Gasteiger partial charge in [-0.3, -0.25) is 9.69 Å². The van der Waals surface area contributed by atoms with E-state index in [0.717, 1.165) is 6.54 Å². The lowest BCUT2D eigenvalue weighted by molar-refractivity contribution is -0.168. The molecule has 0 spiro atoms. The molecule has 0 aromatic carbocycles. The third-order valence-corrected chi connectivity index (χ3v) is 2.73. The van der Waals surface area contributed by atoms with E-state index in [1.165, 1.54) is 7.11 Å². The standard InChI is InChI=1S/C11H21NO3/c1-8(2)12-7-11(3,4)15-6-9(12)10(13)14-5/h8-9H,6-7H2,1-5H3/t9-/m0/s1. The number of carbonyl (C=O) groups is 1. The lowest BCUT2D eigenvalue weighted by Gasteiger charge is -2.44. The van der Waals surface area contributed by atoms with Crippen molar-refractivity contribution in [1.29, 1.82) is 0 Å². The van der Waals surface area contributed by atoms with Crippen molar-refractivity contribution < 1.29 is 14.3 Å². The second-order valence-electron chi connectivity index (χ2n) is 4.88. The monoisotopic (exact) mass is 215 g/mol. The summed E-state index contributed by atoms with van der Waals surface area (Å²) in [6.07, 6.45) is 0. The topological polar surface area (TPSA) is 38.8 Å². The molecule has 0 aliphatic carbocycles. The molecule has 0 radical (unpaired) electrons. The Morgan fingerprint density at radius 3 is 2.60 bits per heavy atom. The summed E-state index contributed by atoms with van der Waals surface area (Å²) in [7, 11) is 1.42. The molecule has 1 rings (SSSR count). The Balaban J connectivity index is 2.76. The number of carbonyl (C=O) groups excluding carboxylic acids is 1. The molecule has 0 aromatic heterocycles. The van der Waals surface area contributed by atoms with Crippen molar-refractivity contribution in [3.63, 3.8) is 0 Å². The molecule has 1 atom stereocenters. The van der Waals surface area contributed by atoms with E-state index in [1.54, 1.807) is 0 Å². The SMILES string of the molecule is COC(=O)[C@@H]1COC(C)(C)CN1C(C)C. The van der Waals surface area contributed by atoms with E-state index in [0.29, 0.717) is 12.6 Å². The predicted molar refractivity (Wildman–Crippen MR) is 57.7 cm³/mol. The van der Waals surface area contributed by atoms with Gasteiger partial charge in [0, 0.05) is 12.6 Å². The van der Waals surface area contributed by atoms with Gasteiger partial charge in [-0.1, -0.05) is 0 Å². The van der Waals surface area contributed by atoms with E-state index < -0.39 is 0 Å². The Hall–Kier alpha value is -0.610. The Morgan fingerprint density at radius 2 is 2.13 bits per heavy atom. The van der Waals surface area contributed by atoms with Crippen LogP contribution in [-0.4, -0.2) is 48.8 Å². The first kappa shape index (κ1) is 12.5. The maximum absolute atomic E-state index is 11.5. The van der Waals surface area contributed by atoms with Crippen LogP contribution in [0.3, 0.4) is 0 Å². The van der Waals surface area contributed by atoms with Crippen LogP contribution < -0.4 is 0 Å². The molecule has 1 aliphatic heterocycles. The van der Waals surface area contributed by atoms with Crippen LogP contribution in [0.25, 0.3) is 0 Å². The zero-order valence-electron chi connectivity index (χ0n) is 10.2. The molecule has 1 aliphatic rings. The van der Waals surface area contributed by atoms with Gasteiger partial charge in [0.2, 0.25) is 0 Å². The van der Waals surface area contributed by atoms with E-state index in [4.69, 9.17) is 9.47 Å². The maximum atomic E-state index is 11.5. The lowest BCUT2D eigenvalue weighted by atomic mass is 10.0. The predicted octanol–water partition coefficient (Wildman–Crippen LogP) is 1.05. The van der Waals surface area contributed by atoms with Gasteiger partial charge in [0.1, 0.15) is 6.04 Å². The van der Waals surface area contributed by atoms with Crippen molar-refractivity contribution in [3.05, 3.63) is 0 Å². The molecular formula is C11H21NO3. The minimum atomic E-state index is -0.261. The highest BCUT2D eigenvalue weighted by Crippen LogP contribution is 2.23. The van der Waals surface area contributed by atoms with Crippen LogP contribution in [0.15, 0.2) is 0 Å². The molecule has 4 nitrogen and oxygen atoms in total. The number of methoxy groups -OCH3 is 1. The fourth-order valence-corrected chi connectivity index (χ4v) is 1.88. The summed E-state index contributed by atoms with van der Waals surface area (Å²) in [6.45, 7) is 9.41. The number of hydrogen-bond donors (Lipinski definition) is 0. The van der Waals surface area contributed by atoms with Crippen LogP contribution in [0.2, 0.25) is 0 Å². The van der Waals surface area contributed by atoms with Crippen molar-refractivity contribution >= 4 is 5.97 Å². The van der Waals surface area contributed by atoms with Crippen molar-refractivity contribution in [2.75, 3.05) is 20.3 Å². The Labute approximate surface area is 91.5 Å². The van der Waals surface area contributed by atoms with Crippen LogP contribution in [0.1, 0.15) is 27.7 Å². The van der Waals surface area contributed by atoms with Gasteiger partial charge in [-0.15, -0.1) is 0 Å². The van der Waals surface area contributed by atoms with Gasteiger partial charge in [0.25, 0.3) is 0 Å². The number of ether oxygens (including phenoxy) is 2. The molecule has 15 heavy (non-hydrogen) atoms. The van der Waals surface area contributed by atoms with Crippen LogP contribution in [-0.2, 0) is 14.3 Å². The normalized spacial score (nSPS) is 26.7. The van der Waals surface area contributed by atoms with Crippen LogP contribution in [0.4, 0.5) is 0 Å². The highest BCUT2D eigenvalue weighted by atomic mass is 16.5. The molecule has 88 valence electrons. The molecule has 0 aromatic rings. The van der Waals surface area contributed by atoms with Crippen molar-refractivity contribution in [2.45, 2.75) is 45.4 Å². The molecular weight excluding hydrogens is 194 g/mol. The molecule has 1 saturated heterocycles. The summed E-state index contributed by atoms with van der Waals surface area (Å²) >= 11 is 0. The van der Waals surface area contributed by atoms with Crippen LogP contribution >= 0.6 is 0 Å². The average Bonchev–Trinajstić information content (AvgIpc) is 2.15. The van der Waals surface area contributed by atoms with Gasteiger partial charge < -0.3 is 9.47 Å². The summed E-state index contributed by atoms with van der Waals surface area (Å²) in [6, 6.07) is 0.0558. The Bertz CT molecular complexity index is 238. The second-order valence-corrected chi connectivity index (χ2v) is 4.88. The van der Waals surface area contributed by atoms with Crippen LogP contribution in [0.5, 0.6) is 0 Å². The molecule has 0 N–H and O–H groups in total. The molecule has 0 amide bonds. The molecule has 0 bridgehead atoms. The first-order valence-electron chi connectivity index (χ1n) is 5.35. The largest absolute Gasteiger partial charge is 0.468 e. The highest BCUT2D eigenvalue weighted by molar-refractivity contribution is 5.76. The van der Waals surface area contributed by atoms with Crippen molar-refractivity contribution in [2.24, 2.45) is 0 Å². The summed E-state index contributed by atoms with van der Waals surface area (Å²) in [5.74, 6) is -0.209. The summed E-state index contributed by atoms with van der Waals surface area (Å²) in [5.41, 5.74) is -0.186. The fraction of sp³-hybridized carbons (Fsp3) is 0.909.